The summed E-state index contributed by atoms with van der Waals surface area (Å²) in [5, 5.41) is 8.32. The minimum atomic E-state index is 0.138. The van der Waals surface area contributed by atoms with Crippen LogP contribution < -0.4 is 4.90 Å². The smallest absolute Gasteiger partial charge is 0.228 e. The summed E-state index contributed by atoms with van der Waals surface area (Å²) in [5.41, 5.74) is 1.74. The van der Waals surface area contributed by atoms with Gasteiger partial charge in [0.05, 0.1) is 24.1 Å². The van der Waals surface area contributed by atoms with Crippen LogP contribution in [0.25, 0.3) is 0 Å². The fourth-order valence-corrected chi connectivity index (χ4v) is 2.77. The maximum atomic E-state index is 12.5. The highest BCUT2D eigenvalue weighted by molar-refractivity contribution is 5.78. The Bertz CT molecular complexity index is 685. The third kappa shape index (κ3) is 3.72. The molecule has 1 aliphatic heterocycles. The molecule has 0 aromatic carbocycles. The number of anilines is 1. The van der Waals surface area contributed by atoms with E-state index in [-0.39, 0.29) is 5.91 Å². The van der Waals surface area contributed by atoms with Crippen LogP contribution in [0.5, 0.6) is 0 Å². The number of nitrogens with zero attached hydrogens (tertiary/aromatic N) is 6. The highest BCUT2D eigenvalue weighted by Crippen LogP contribution is 2.14. The molecule has 128 valence electrons. The normalized spacial score (nSPS) is 15.2. The molecule has 0 atom stereocenters. The number of hydrogen-bond donors (Lipinski definition) is 0. The van der Waals surface area contributed by atoms with E-state index in [0.717, 1.165) is 30.3 Å². The van der Waals surface area contributed by atoms with E-state index in [2.05, 4.69) is 33.9 Å². The Balaban J connectivity index is 1.53. The van der Waals surface area contributed by atoms with Crippen LogP contribution in [0.2, 0.25) is 0 Å². The van der Waals surface area contributed by atoms with E-state index >= 15 is 0 Å². The number of piperazine rings is 1. The van der Waals surface area contributed by atoms with E-state index < -0.39 is 0 Å². The molecule has 0 bridgehead atoms. The molecule has 0 radical (unpaired) electrons. The summed E-state index contributed by atoms with van der Waals surface area (Å²) in [5.74, 6) is 1.02. The van der Waals surface area contributed by atoms with Gasteiger partial charge in [-0.25, -0.2) is 4.98 Å². The van der Waals surface area contributed by atoms with Crippen LogP contribution in [-0.4, -0.2) is 56.7 Å². The lowest BCUT2D eigenvalue weighted by atomic mass is 10.2. The van der Waals surface area contributed by atoms with Crippen molar-refractivity contribution in [1.29, 1.82) is 0 Å². The highest BCUT2D eigenvalue weighted by atomic mass is 16.2. The summed E-state index contributed by atoms with van der Waals surface area (Å²) < 4.78 is 2.02. The molecule has 3 rings (SSSR count). The van der Waals surface area contributed by atoms with Gasteiger partial charge >= 0.3 is 0 Å². The number of hydrogen-bond acceptors (Lipinski definition) is 5. The van der Waals surface area contributed by atoms with Crippen LogP contribution in [0.15, 0.2) is 24.7 Å². The molecule has 0 spiro atoms. The molecule has 1 aliphatic rings. The number of aromatic nitrogens is 4. The highest BCUT2D eigenvalue weighted by Gasteiger charge is 2.22. The van der Waals surface area contributed by atoms with Crippen molar-refractivity contribution in [2.24, 2.45) is 0 Å². The minimum Gasteiger partial charge on any atom is -0.352 e. The van der Waals surface area contributed by atoms with Crippen LogP contribution in [0.4, 0.5) is 5.82 Å². The van der Waals surface area contributed by atoms with Crippen LogP contribution >= 0.6 is 0 Å². The van der Waals surface area contributed by atoms with Crippen molar-refractivity contribution < 1.29 is 4.79 Å². The average molecular weight is 328 g/mol. The molecule has 7 nitrogen and oxygen atoms in total. The first-order chi connectivity index (χ1) is 11.5. The zero-order valence-corrected chi connectivity index (χ0v) is 14.5. The van der Waals surface area contributed by atoms with Gasteiger partial charge in [-0.2, -0.15) is 5.10 Å². The van der Waals surface area contributed by atoms with Crippen LogP contribution in [0.1, 0.15) is 31.3 Å². The van der Waals surface area contributed by atoms with Crippen molar-refractivity contribution in [3.8, 4) is 0 Å². The predicted octanol–water partition coefficient (Wildman–Crippen LogP) is 1.45. The van der Waals surface area contributed by atoms with E-state index in [1.54, 1.807) is 6.33 Å². The number of amides is 1. The van der Waals surface area contributed by atoms with Gasteiger partial charge in [0.25, 0.3) is 0 Å². The molecule has 1 saturated heterocycles. The second-order valence-electron chi connectivity index (χ2n) is 6.48. The van der Waals surface area contributed by atoms with Gasteiger partial charge in [-0.05, 0) is 32.9 Å². The second kappa shape index (κ2) is 6.98. The van der Waals surface area contributed by atoms with Crippen molar-refractivity contribution in [3.05, 3.63) is 36.0 Å². The fraction of sp³-hybridized carbons (Fsp3) is 0.529. The van der Waals surface area contributed by atoms with Crippen molar-refractivity contribution >= 4 is 11.7 Å². The topological polar surface area (TPSA) is 67.2 Å². The Morgan fingerprint density at radius 3 is 2.50 bits per heavy atom. The first-order valence-electron chi connectivity index (χ1n) is 8.38. The van der Waals surface area contributed by atoms with E-state index in [1.807, 2.05) is 34.7 Å². The molecule has 2 aromatic rings. The average Bonchev–Trinajstić information content (AvgIpc) is 3.04. The lowest BCUT2D eigenvalue weighted by molar-refractivity contribution is -0.130. The molecule has 3 heterocycles. The van der Waals surface area contributed by atoms with Gasteiger partial charge in [-0.3, -0.25) is 4.79 Å². The first kappa shape index (κ1) is 16.4. The van der Waals surface area contributed by atoms with Gasteiger partial charge in [0.2, 0.25) is 5.91 Å². The van der Waals surface area contributed by atoms with Gasteiger partial charge in [-0.15, -0.1) is 5.10 Å². The van der Waals surface area contributed by atoms with Gasteiger partial charge in [0.1, 0.15) is 0 Å². The van der Waals surface area contributed by atoms with Crippen LogP contribution in [-0.2, 0) is 11.2 Å². The second-order valence-corrected chi connectivity index (χ2v) is 6.48. The molecule has 1 amide bonds. The van der Waals surface area contributed by atoms with E-state index in [4.69, 9.17) is 0 Å². The molecule has 0 aliphatic carbocycles. The van der Waals surface area contributed by atoms with Gasteiger partial charge in [-0.1, -0.05) is 0 Å². The number of aryl methyl sites for hydroxylation is 1. The minimum absolute atomic E-state index is 0.138. The monoisotopic (exact) mass is 328 g/mol. The molecule has 0 N–H and O–H groups in total. The van der Waals surface area contributed by atoms with Gasteiger partial charge in [0, 0.05) is 38.4 Å². The molecule has 24 heavy (non-hydrogen) atoms. The Morgan fingerprint density at radius 2 is 1.92 bits per heavy atom. The standard InChI is InChI=1S/C17H24N6O/c1-13(2)23-11-15(18-12-23)10-17(24)22-8-6-21(7-9-22)16-5-4-14(3)19-20-16/h4-5,11-13H,6-10H2,1-3H3. The molecular weight excluding hydrogens is 304 g/mol. The van der Waals surface area contributed by atoms with Crippen LogP contribution in [0.3, 0.4) is 0 Å². The summed E-state index contributed by atoms with van der Waals surface area (Å²) in [7, 11) is 0. The summed E-state index contributed by atoms with van der Waals surface area (Å²) >= 11 is 0. The SMILES string of the molecule is Cc1ccc(N2CCN(C(=O)Cc3cn(C(C)C)cn3)CC2)nn1. The van der Waals surface area contributed by atoms with Crippen molar-refractivity contribution in [2.45, 2.75) is 33.2 Å². The van der Waals surface area contributed by atoms with Crippen molar-refractivity contribution in [1.82, 2.24) is 24.6 Å². The Morgan fingerprint density at radius 1 is 1.17 bits per heavy atom. The third-order valence-electron chi connectivity index (χ3n) is 4.32. The Hall–Kier alpha value is -2.44. The molecule has 1 fully saturated rings. The Kier molecular flexibility index (Phi) is 4.78. The summed E-state index contributed by atoms with van der Waals surface area (Å²) in [6.45, 7) is 9.10. The van der Waals surface area contributed by atoms with Crippen molar-refractivity contribution in [2.75, 3.05) is 31.1 Å². The first-order valence-corrected chi connectivity index (χ1v) is 8.38. The van der Waals surface area contributed by atoms with E-state index in [1.165, 1.54) is 0 Å². The molecule has 2 aromatic heterocycles. The molecular formula is C17H24N6O. The lowest BCUT2D eigenvalue weighted by Crippen LogP contribution is -2.49. The summed E-state index contributed by atoms with van der Waals surface area (Å²) in [4.78, 5) is 20.9. The molecule has 0 saturated carbocycles. The quantitative estimate of drug-likeness (QED) is 0.850. The fourth-order valence-electron chi connectivity index (χ4n) is 2.77. The number of carbonyl (C=O) groups is 1. The van der Waals surface area contributed by atoms with Crippen LogP contribution in [0, 0.1) is 6.92 Å². The third-order valence-corrected chi connectivity index (χ3v) is 4.32. The number of imidazole rings is 1. The van der Waals surface area contributed by atoms with E-state index in [9.17, 15) is 4.79 Å². The summed E-state index contributed by atoms with van der Waals surface area (Å²) in [6.07, 6.45) is 4.12. The number of rotatable bonds is 4. The van der Waals surface area contributed by atoms with E-state index in [0.29, 0.717) is 25.6 Å². The van der Waals surface area contributed by atoms with Crippen molar-refractivity contribution in [3.63, 3.8) is 0 Å². The zero-order valence-electron chi connectivity index (χ0n) is 14.5. The maximum absolute atomic E-state index is 12.5. The Labute approximate surface area is 142 Å². The van der Waals surface area contributed by atoms with Gasteiger partial charge in [0.15, 0.2) is 5.82 Å². The summed E-state index contributed by atoms with van der Waals surface area (Å²) in [6, 6.07) is 4.31. The molecule has 7 heteroatoms. The largest absolute Gasteiger partial charge is 0.352 e. The maximum Gasteiger partial charge on any atom is 0.228 e. The number of carbonyl (C=O) groups excluding carboxylic acids is 1. The zero-order chi connectivity index (χ0) is 17.1. The molecule has 0 unspecified atom stereocenters. The lowest BCUT2D eigenvalue weighted by Gasteiger charge is -2.35. The van der Waals surface area contributed by atoms with Gasteiger partial charge < -0.3 is 14.4 Å². The predicted molar refractivity (Wildman–Crippen MR) is 91.9 cm³/mol.